The van der Waals surface area contributed by atoms with Crippen LogP contribution in [-0.4, -0.2) is 19.3 Å². The molecule has 0 aliphatic carbocycles. The lowest BCUT2D eigenvalue weighted by molar-refractivity contribution is -0.375. The fourth-order valence-corrected chi connectivity index (χ4v) is 0.319. The molecule has 0 saturated carbocycles. The second-order valence-electron chi connectivity index (χ2n) is 1.77. The van der Waals surface area contributed by atoms with Gasteiger partial charge in [-0.2, -0.15) is 0 Å². The van der Waals surface area contributed by atoms with E-state index in [-0.39, 0.29) is 0 Å². The number of ether oxygens (including phenoxy) is 1. The molecule has 2 nitrogen and oxygen atoms in total. The molecule has 0 bridgehead atoms. The summed E-state index contributed by atoms with van der Waals surface area (Å²) in [6.45, 7) is 5.71. The van der Waals surface area contributed by atoms with Gasteiger partial charge >= 0.3 is 0 Å². The Morgan fingerprint density at radius 1 is 1.57 bits per heavy atom. The number of hydrogen-bond donors (Lipinski definition) is 1. The molecule has 0 spiro atoms. The predicted molar refractivity (Wildman–Crippen MR) is 28.8 cm³/mol. The van der Waals surface area contributed by atoms with Gasteiger partial charge in [0.05, 0.1) is 19.3 Å². The van der Waals surface area contributed by atoms with E-state index in [2.05, 4.69) is 5.73 Å². The van der Waals surface area contributed by atoms with Crippen molar-refractivity contribution in [3.8, 4) is 0 Å². The molecule has 3 N–H and O–H groups in total. The van der Waals surface area contributed by atoms with Gasteiger partial charge in [0.2, 0.25) is 0 Å². The van der Waals surface area contributed by atoms with Gasteiger partial charge in [-0.3, -0.25) is 0 Å². The van der Waals surface area contributed by atoms with E-state index in [9.17, 15) is 0 Å². The normalized spacial score (nSPS) is 10.3. The third kappa shape index (κ3) is 5.92. The molecule has 0 aromatic carbocycles. The molecular formula is C5H14NO+. The average Bonchev–Trinajstić information content (AvgIpc) is 1.61. The van der Waals surface area contributed by atoms with Crippen LogP contribution in [0.25, 0.3) is 0 Å². The van der Waals surface area contributed by atoms with Gasteiger partial charge in [0.25, 0.3) is 0 Å². The topological polar surface area (TPSA) is 36.9 Å². The molecule has 0 atom stereocenters. The first kappa shape index (κ1) is 6.92. The Labute approximate surface area is 44.7 Å². The summed E-state index contributed by atoms with van der Waals surface area (Å²) in [6.07, 6.45) is 0.363. The fraction of sp³-hybridized carbons (Fsp3) is 1.00. The molecule has 0 aromatic heterocycles. The number of quaternary nitrogens is 1. The van der Waals surface area contributed by atoms with Crippen LogP contribution in [0.1, 0.15) is 13.8 Å². The maximum atomic E-state index is 5.13. The van der Waals surface area contributed by atoms with Crippen LogP contribution < -0.4 is 5.73 Å². The van der Waals surface area contributed by atoms with E-state index in [1.54, 1.807) is 0 Å². The van der Waals surface area contributed by atoms with Crippen LogP contribution in [0.5, 0.6) is 0 Å². The van der Waals surface area contributed by atoms with E-state index < -0.39 is 0 Å². The fourth-order valence-electron chi connectivity index (χ4n) is 0.319. The summed E-state index contributed by atoms with van der Waals surface area (Å²) in [5, 5.41) is 0. The van der Waals surface area contributed by atoms with Gasteiger partial charge in [-0.05, 0) is 13.8 Å². The minimum absolute atomic E-state index is 0.363. The molecular weight excluding hydrogens is 90.1 g/mol. The molecule has 0 aliphatic rings. The van der Waals surface area contributed by atoms with E-state index >= 15 is 0 Å². The average molecular weight is 104 g/mol. The van der Waals surface area contributed by atoms with Gasteiger partial charge in [-0.1, -0.05) is 0 Å². The van der Waals surface area contributed by atoms with Crippen LogP contribution in [0.15, 0.2) is 0 Å². The summed E-state index contributed by atoms with van der Waals surface area (Å²) in [4.78, 5) is 0. The van der Waals surface area contributed by atoms with E-state index in [4.69, 9.17) is 4.74 Å². The third-order valence-corrected chi connectivity index (χ3v) is 0.596. The lowest BCUT2D eigenvalue weighted by Gasteiger charge is -2.01. The highest BCUT2D eigenvalue weighted by atomic mass is 16.5. The number of rotatable bonds is 3. The molecule has 44 valence electrons. The lowest BCUT2D eigenvalue weighted by atomic mass is 10.5. The Bertz CT molecular complexity index is 37.1. The summed E-state index contributed by atoms with van der Waals surface area (Å²) in [7, 11) is 0. The van der Waals surface area contributed by atoms with Crippen molar-refractivity contribution in [1.82, 2.24) is 0 Å². The van der Waals surface area contributed by atoms with Crippen molar-refractivity contribution in [2.45, 2.75) is 20.0 Å². The molecule has 0 fully saturated rings. The second kappa shape index (κ2) is 4.09. The molecule has 7 heavy (non-hydrogen) atoms. The highest BCUT2D eigenvalue weighted by Crippen LogP contribution is 1.82. The Hall–Kier alpha value is -0.0800. The van der Waals surface area contributed by atoms with Gasteiger partial charge < -0.3 is 10.5 Å². The highest BCUT2D eigenvalue weighted by Gasteiger charge is 1.88. The molecule has 0 aliphatic heterocycles. The molecule has 0 saturated heterocycles. The Morgan fingerprint density at radius 3 is 2.29 bits per heavy atom. The molecule has 2 heteroatoms. The maximum absolute atomic E-state index is 5.13. The summed E-state index contributed by atoms with van der Waals surface area (Å²) in [6, 6.07) is 0. The molecule has 0 heterocycles. The maximum Gasteiger partial charge on any atom is 0.0977 e. The molecule has 0 rings (SSSR count). The van der Waals surface area contributed by atoms with Crippen LogP contribution in [0.3, 0.4) is 0 Å². The van der Waals surface area contributed by atoms with Crippen molar-refractivity contribution in [1.29, 1.82) is 0 Å². The van der Waals surface area contributed by atoms with Crippen LogP contribution >= 0.6 is 0 Å². The summed E-state index contributed by atoms with van der Waals surface area (Å²) in [5.74, 6) is 0. The lowest BCUT2D eigenvalue weighted by Crippen LogP contribution is -2.52. The first-order chi connectivity index (χ1) is 3.27. The van der Waals surface area contributed by atoms with Gasteiger partial charge in [0.15, 0.2) is 0 Å². The zero-order valence-corrected chi connectivity index (χ0v) is 5.11. The monoisotopic (exact) mass is 104 g/mol. The van der Waals surface area contributed by atoms with Crippen LogP contribution in [0.2, 0.25) is 0 Å². The first-order valence-electron chi connectivity index (χ1n) is 2.68. The summed E-state index contributed by atoms with van der Waals surface area (Å²) in [5.41, 5.74) is 3.63. The van der Waals surface area contributed by atoms with Crippen LogP contribution in [0.4, 0.5) is 0 Å². The van der Waals surface area contributed by atoms with Crippen molar-refractivity contribution >= 4 is 0 Å². The molecule has 0 aromatic rings. The third-order valence-electron chi connectivity index (χ3n) is 0.596. The minimum atomic E-state index is 0.363. The van der Waals surface area contributed by atoms with E-state index in [0.717, 1.165) is 13.2 Å². The molecule has 0 radical (unpaired) electrons. The minimum Gasteiger partial charge on any atom is -0.373 e. The van der Waals surface area contributed by atoms with E-state index in [0.29, 0.717) is 6.10 Å². The standard InChI is InChI=1S/C5H13NO/c1-5(2)7-4-3-6/h5H,3-4,6H2,1-2H3/p+1. The molecule has 0 unspecified atom stereocenters. The van der Waals surface area contributed by atoms with Crippen molar-refractivity contribution in [2.75, 3.05) is 13.2 Å². The Kier molecular flexibility index (Phi) is 4.04. The van der Waals surface area contributed by atoms with Crippen LogP contribution in [-0.2, 0) is 4.74 Å². The quantitative estimate of drug-likeness (QED) is 0.522. The zero-order valence-electron chi connectivity index (χ0n) is 5.11. The van der Waals surface area contributed by atoms with Crippen molar-refractivity contribution in [3.63, 3.8) is 0 Å². The van der Waals surface area contributed by atoms with Crippen molar-refractivity contribution < 1.29 is 10.5 Å². The second-order valence-corrected chi connectivity index (χ2v) is 1.77. The zero-order chi connectivity index (χ0) is 5.70. The van der Waals surface area contributed by atoms with E-state index in [1.807, 2.05) is 13.8 Å². The summed E-state index contributed by atoms with van der Waals surface area (Å²) < 4.78 is 5.13. The predicted octanol–water partition coefficient (Wildman–Crippen LogP) is -0.347. The highest BCUT2D eigenvalue weighted by molar-refractivity contribution is 4.33. The van der Waals surface area contributed by atoms with Gasteiger partial charge in [-0.25, -0.2) is 0 Å². The van der Waals surface area contributed by atoms with Gasteiger partial charge in [0, 0.05) is 0 Å². The Morgan fingerprint density at radius 2 is 2.14 bits per heavy atom. The molecule has 0 amide bonds. The van der Waals surface area contributed by atoms with Gasteiger partial charge in [-0.15, -0.1) is 0 Å². The van der Waals surface area contributed by atoms with Crippen LogP contribution in [0, 0.1) is 0 Å². The van der Waals surface area contributed by atoms with Crippen molar-refractivity contribution in [3.05, 3.63) is 0 Å². The smallest absolute Gasteiger partial charge is 0.0977 e. The SMILES string of the molecule is CC(C)OCC[NH3+]. The van der Waals surface area contributed by atoms with Gasteiger partial charge in [0.1, 0.15) is 0 Å². The Balaban J connectivity index is 2.68. The summed E-state index contributed by atoms with van der Waals surface area (Å²) >= 11 is 0. The van der Waals surface area contributed by atoms with E-state index in [1.165, 1.54) is 0 Å². The first-order valence-corrected chi connectivity index (χ1v) is 2.68. The van der Waals surface area contributed by atoms with Crippen molar-refractivity contribution in [2.24, 2.45) is 0 Å². The number of hydrogen-bond acceptors (Lipinski definition) is 1. The largest absolute Gasteiger partial charge is 0.373 e.